The van der Waals surface area contributed by atoms with E-state index in [9.17, 15) is 9.18 Å². The Morgan fingerprint density at radius 3 is 2.68 bits per heavy atom. The predicted molar refractivity (Wildman–Crippen MR) is 131 cm³/mol. The first-order valence-electron chi connectivity index (χ1n) is 11.2. The normalized spacial score (nSPS) is 12.9. The van der Waals surface area contributed by atoms with Gasteiger partial charge in [0, 0.05) is 49.2 Å². The number of aryl methyl sites for hydroxylation is 1. The van der Waals surface area contributed by atoms with E-state index in [1.807, 2.05) is 19.1 Å². The van der Waals surface area contributed by atoms with Gasteiger partial charge in [-0.1, -0.05) is 19.9 Å². The molecule has 0 fully saturated rings. The van der Waals surface area contributed by atoms with Gasteiger partial charge in [-0.05, 0) is 48.1 Å². The van der Waals surface area contributed by atoms with Gasteiger partial charge in [0.25, 0.3) is 5.91 Å². The van der Waals surface area contributed by atoms with Gasteiger partial charge in [0.05, 0.1) is 16.8 Å². The highest BCUT2D eigenvalue weighted by atomic mass is 19.1. The number of pyridine rings is 2. The number of hydrogen-bond donors (Lipinski definition) is 2. The minimum Gasteiger partial charge on any atom is -0.370 e. The monoisotopic (exact) mass is 458 g/mol. The van der Waals surface area contributed by atoms with Gasteiger partial charge in [-0.15, -0.1) is 0 Å². The Hall–Kier alpha value is -3.94. The van der Waals surface area contributed by atoms with E-state index < -0.39 is 5.82 Å². The highest BCUT2D eigenvalue weighted by Crippen LogP contribution is 2.32. The third-order valence-electron chi connectivity index (χ3n) is 6.13. The zero-order chi connectivity index (χ0) is 24.2. The zero-order valence-electron chi connectivity index (χ0n) is 19.6. The third kappa shape index (κ3) is 4.71. The number of fused-ring (bicyclic) bond motifs is 1. The Bertz CT molecular complexity index is 1340. The van der Waals surface area contributed by atoms with Crippen molar-refractivity contribution in [2.24, 2.45) is 5.92 Å². The average molecular weight is 459 g/mol. The van der Waals surface area contributed by atoms with Crippen molar-refractivity contribution in [2.75, 3.05) is 18.9 Å². The van der Waals surface area contributed by atoms with Gasteiger partial charge in [-0.3, -0.25) is 14.8 Å². The Morgan fingerprint density at radius 1 is 1.09 bits per heavy atom. The van der Waals surface area contributed by atoms with Crippen LogP contribution in [0.15, 0.2) is 55.2 Å². The van der Waals surface area contributed by atoms with Crippen LogP contribution in [0.5, 0.6) is 0 Å². The number of carbonyl (C=O) groups is 1. The standard InChI is InChI=1S/C26H27FN6O/c1-15-9-18(13-29-11-15)22-10-23(33-14-32-22)31-12-16(2)17(3)19-5-6-21(27)24-20(26(34)28-4)7-8-30-25(19)24/h5-11,13-14,16-17H,12H2,1-4H3,(H,28,34)(H,31,32,33). The fraction of sp³-hybridized carbons (Fsp3) is 0.269. The maximum absolute atomic E-state index is 14.7. The van der Waals surface area contributed by atoms with Crippen LogP contribution in [0.25, 0.3) is 22.2 Å². The van der Waals surface area contributed by atoms with Crippen LogP contribution in [0.4, 0.5) is 10.2 Å². The van der Waals surface area contributed by atoms with Crippen molar-refractivity contribution in [2.45, 2.75) is 26.7 Å². The van der Waals surface area contributed by atoms with E-state index in [0.29, 0.717) is 12.1 Å². The lowest BCUT2D eigenvalue weighted by molar-refractivity contribution is 0.0964. The molecular weight excluding hydrogens is 431 g/mol. The minimum absolute atomic E-state index is 0.0466. The summed E-state index contributed by atoms with van der Waals surface area (Å²) in [5.74, 6) is 0.134. The molecule has 4 rings (SSSR count). The summed E-state index contributed by atoms with van der Waals surface area (Å²) in [4.78, 5) is 29.6. The Balaban J connectivity index is 1.55. The summed E-state index contributed by atoms with van der Waals surface area (Å²) < 4.78 is 14.7. The number of hydrogen-bond acceptors (Lipinski definition) is 6. The number of amides is 1. The van der Waals surface area contributed by atoms with Crippen LogP contribution in [0, 0.1) is 18.7 Å². The van der Waals surface area contributed by atoms with Crippen LogP contribution in [-0.4, -0.2) is 39.4 Å². The van der Waals surface area contributed by atoms with E-state index in [-0.39, 0.29) is 28.7 Å². The van der Waals surface area contributed by atoms with Crippen molar-refractivity contribution in [1.29, 1.82) is 0 Å². The number of carbonyl (C=O) groups excluding carboxylic acids is 1. The topological polar surface area (TPSA) is 92.7 Å². The van der Waals surface area contributed by atoms with Crippen LogP contribution < -0.4 is 10.6 Å². The van der Waals surface area contributed by atoms with Crippen molar-refractivity contribution in [3.8, 4) is 11.3 Å². The lowest BCUT2D eigenvalue weighted by Crippen LogP contribution is -2.20. The van der Waals surface area contributed by atoms with Gasteiger partial charge in [-0.2, -0.15) is 0 Å². The molecule has 2 unspecified atom stereocenters. The Labute approximate surface area is 197 Å². The number of aromatic nitrogens is 4. The lowest BCUT2D eigenvalue weighted by Gasteiger charge is -2.22. The Kier molecular flexibility index (Phi) is 6.77. The number of halogens is 1. The Morgan fingerprint density at radius 2 is 1.91 bits per heavy atom. The molecule has 3 aromatic heterocycles. The molecule has 2 N–H and O–H groups in total. The lowest BCUT2D eigenvalue weighted by atomic mass is 9.86. The maximum atomic E-state index is 14.7. The highest BCUT2D eigenvalue weighted by Gasteiger charge is 2.22. The second kappa shape index (κ2) is 9.91. The molecule has 1 amide bonds. The van der Waals surface area contributed by atoms with Crippen LogP contribution >= 0.6 is 0 Å². The molecule has 0 saturated carbocycles. The molecule has 0 saturated heterocycles. The summed E-state index contributed by atoms with van der Waals surface area (Å²) in [6.45, 7) is 6.82. The molecule has 0 radical (unpaired) electrons. The van der Waals surface area contributed by atoms with Gasteiger partial charge in [0.2, 0.25) is 0 Å². The number of rotatable bonds is 7. The molecule has 2 atom stereocenters. The first-order valence-corrected chi connectivity index (χ1v) is 11.2. The van der Waals surface area contributed by atoms with Crippen LogP contribution in [-0.2, 0) is 0 Å². The van der Waals surface area contributed by atoms with Crippen molar-refractivity contribution >= 4 is 22.6 Å². The molecule has 3 heterocycles. The van der Waals surface area contributed by atoms with E-state index >= 15 is 0 Å². The molecular formula is C26H27FN6O. The summed E-state index contributed by atoms with van der Waals surface area (Å²) in [5, 5.41) is 6.21. The van der Waals surface area contributed by atoms with E-state index in [1.165, 1.54) is 19.4 Å². The second-order valence-corrected chi connectivity index (χ2v) is 8.48. The summed E-state index contributed by atoms with van der Waals surface area (Å²) in [7, 11) is 1.53. The zero-order valence-corrected chi connectivity index (χ0v) is 19.6. The van der Waals surface area contributed by atoms with Crippen molar-refractivity contribution in [3.05, 3.63) is 77.8 Å². The first-order chi connectivity index (χ1) is 16.4. The van der Waals surface area contributed by atoms with Crippen molar-refractivity contribution < 1.29 is 9.18 Å². The molecule has 174 valence electrons. The minimum atomic E-state index is -0.456. The molecule has 0 aliphatic heterocycles. The van der Waals surface area contributed by atoms with Gasteiger partial charge < -0.3 is 10.6 Å². The van der Waals surface area contributed by atoms with E-state index in [2.05, 4.69) is 44.4 Å². The molecule has 0 bridgehead atoms. The summed E-state index contributed by atoms with van der Waals surface area (Å²) >= 11 is 0. The third-order valence-corrected chi connectivity index (χ3v) is 6.13. The molecule has 0 aliphatic carbocycles. The molecule has 4 aromatic rings. The quantitative estimate of drug-likeness (QED) is 0.415. The molecule has 0 aliphatic rings. The molecule has 8 heteroatoms. The molecule has 0 spiro atoms. The summed E-state index contributed by atoms with van der Waals surface area (Å²) in [6, 6.07) is 8.64. The van der Waals surface area contributed by atoms with Crippen molar-refractivity contribution in [1.82, 2.24) is 25.3 Å². The van der Waals surface area contributed by atoms with Gasteiger partial charge in [-0.25, -0.2) is 14.4 Å². The summed E-state index contributed by atoms with van der Waals surface area (Å²) in [6.07, 6.45) is 6.67. The van der Waals surface area contributed by atoms with Gasteiger partial charge in [0.1, 0.15) is 18.0 Å². The second-order valence-electron chi connectivity index (χ2n) is 8.48. The van der Waals surface area contributed by atoms with Crippen molar-refractivity contribution in [3.63, 3.8) is 0 Å². The van der Waals surface area contributed by atoms with Crippen LogP contribution in [0.1, 0.15) is 41.3 Å². The highest BCUT2D eigenvalue weighted by molar-refractivity contribution is 6.06. The first kappa shape index (κ1) is 23.2. The molecule has 7 nitrogen and oxygen atoms in total. The van der Waals surface area contributed by atoms with E-state index in [0.717, 1.165) is 28.2 Å². The number of anilines is 1. The molecule has 34 heavy (non-hydrogen) atoms. The average Bonchev–Trinajstić information content (AvgIpc) is 2.86. The van der Waals surface area contributed by atoms with Crippen LogP contribution in [0.3, 0.4) is 0 Å². The SMILES string of the molecule is CNC(=O)c1ccnc2c(C(C)C(C)CNc3cc(-c4cncc(C)c4)ncn3)ccc(F)c12. The molecule has 1 aromatic carbocycles. The number of benzene rings is 1. The number of nitrogens with one attached hydrogen (secondary N) is 2. The van der Waals surface area contributed by atoms with Crippen LogP contribution in [0.2, 0.25) is 0 Å². The number of nitrogens with zero attached hydrogens (tertiary/aromatic N) is 4. The fourth-order valence-corrected chi connectivity index (χ4v) is 3.99. The van der Waals surface area contributed by atoms with E-state index in [1.54, 1.807) is 30.7 Å². The predicted octanol–water partition coefficient (Wildman–Crippen LogP) is 4.75. The fourth-order valence-electron chi connectivity index (χ4n) is 3.99. The van der Waals surface area contributed by atoms with Gasteiger partial charge >= 0.3 is 0 Å². The van der Waals surface area contributed by atoms with E-state index in [4.69, 9.17) is 0 Å². The largest absolute Gasteiger partial charge is 0.370 e. The summed E-state index contributed by atoms with van der Waals surface area (Å²) in [5.41, 5.74) is 4.48. The smallest absolute Gasteiger partial charge is 0.251 e. The van der Waals surface area contributed by atoms with Gasteiger partial charge in [0.15, 0.2) is 0 Å². The maximum Gasteiger partial charge on any atom is 0.251 e.